The Labute approximate surface area is 131 Å². The largest absolute Gasteiger partial charge is 0.341 e. The topological polar surface area (TPSA) is 59.2 Å². The Morgan fingerprint density at radius 2 is 2.33 bits per heavy atom. The van der Waals surface area contributed by atoms with Crippen LogP contribution in [0.15, 0.2) is 5.38 Å². The third-order valence-corrected chi connectivity index (χ3v) is 5.11. The van der Waals surface area contributed by atoms with Gasteiger partial charge in [-0.15, -0.1) is 11.3 Å². The maximum absolute atomic E-state index is 12.5. The van der Waals surface area contributed by atoms with E-state index in [9.17, 15) is 4.79 Å². The fraction of sp³-hybridized carbons (Fsp3) is 0.750. The van der Waals surface area contributed by atoms with Crippen molar-refractivity contribution in [2.45, 2.75) is 58.4 Å². The number of rotatable bonds is 5. The van der Waals surface area contributed by atoms with Crippen molar-refractivity contribution < 1.29 is 4.79 Å². The van der Waals surface area contributed by atoms with Gasteiger partial charge in [-0.25, -0.2) is 4.98 Å². The molecule has 1 saturated heterocycles. The van der Waals surface area contributed by atoms with E-state index in [1.807, 2.05) is 4.90 Å². The molecule has 0 radical (unpaired) electrons. The Morgan fingerprint density at radius 3 is 2.95 bits per heavy atom. The quantitative estimate of drug-likeness (QED) is 0.910. The van der Waals surface area contributed by atoms with E-state index in [0.29, 0.717) is 11.8 Å². The molecule has 5 heteroatoms. The summed E-state index contributed by atoms with van der Waals surface area (Å²) in [4.78, 5) is 19.1. The lowest BCUT2D eigenvalue weighted by Crippen LogP contribution is -2.48. The van der Waals surface area contributed by atoms with Gasteiger partial charge in [0.05, 0.1) is 16.7 Å². The average Bonchev–Trinajstić information content (AvgIpc) is 2.95. The van der Waals surface area contributed by atoms with Crippen molar-refractivity contribution in [1.82, 2.24) is 9.88 Å². The Hall–Kier alpha value is -0.940. The second-order valence-electron chi connectivity index (χ2n) is 6.39. The van der Waals surface area contributed by atoms with Crippen LogP contribution in [-0.4, -0.2) is 34.9 Å². The molecule has 0 aromatic carbocycles. The van der Waals surface area contributed by atoms with Gasteiger partial charge in [-0.2, -0.15) is 0 Å². The third kappa shape index (κ3) is 4.27. The smallest absolute Gasteiger partial charge is 0.239 e. The van der Waals surface area contributed by atoms with Gasteiger partial charge < -0.3 is 10.6 Å². The zero-order valence-electron chi connectivity index (χ0n) is 13.3. The molecular formula is C16H27N3OS. The van der Waals surface area contributed by atoms with Gasteiger partial charge in [0.25, 0.3) is 0 Å². The number of nitrogens with two attached hydrogens (primary N) is 1. The van der Waals surface area contributed by atoms with Crippen LogP contribution in [-0.2, 0) is 11.2 Å². The van der Waals surface area contributed by atoms with Crippen molar-refractivity contribution in [2.24, 2.45) is 11.7 Å². The molecule has 1 aliphatic rings. The van der Waals surface area contributed by atoms with E-state index < -0.39 is 0 Å². The average molecular weight is 309 g/mol. The lowest BCUT2D eigenvalue weighted by molar-refractivity contribution is -0.134. The summed E-state index contributed by atoms with van der Waals surface area (Å²) in [6, 6.07) is -0.355. The summed E-state index contributed by atoms with van der Waals surface area (Å²) in [6.07, 6.45) is 3.91. The van der Waals surface area contributed by atoms with E-state index in [0.717, 1.165) is 44.5 Å². The van der Waals surface area contributed by atoms with Gasteiger partial charge in [0.15, 0.2) is 0 Å². The summed E-state index contributed by atoms with van der Waals surface area (Å²) in [5.41, 5.74) is 7.22. The molecule has 1 aromatic rings. The van der Waals surface area contributed by atoms with Gasteiger partial charge >= 0.3 is 0 Å². The normalized spacial score (nSPS) is 20.8. The highest BCUT2D eigenvalue weighted by molar-refractivity contribution is 7.09. The molecule has 1 aromatic heterocycles. The van der Waals surface area contributed by atoms with Crippen molar-refractivity contribution in [3.05, 3.63) is 16.1 Å². The van der Waals surface area contributed by atoms with Crippen molar-refractivity contribution in [3.8, 4) is 0 Å². The molecule has 2 atom stereocenters. The van der Waals surface area contributed by atoms with E-state index in [1.165, 1.54) is 5.01 Å². The van der Waals surface area contributed by atoms with Crippen molar-refractivity contribution in [2.75, 3.05) is 13.1 Å². The molecule has 2 heterocycles. The van der Waals surface area contributed by atoms with Crippen LogP contribution in [0.2, 0.25) is 0 Å². The van der Waals surface area contributed by atoms with Gasteiger partial charge in [0, 0.05) is 24.4 Å². The highest BCUT2D eigenvalue weighted by Gasteiger charge is 2.29. The van der Waals surface area contributed by atoms with E-state index in [1.54, 1.807) is 11.3 Å². The number of nitrogens with zero attached hydrogens (tertiary/aromatic N) is 2. The minimum Gasteiger partial charge on any atom is -0.341 e. The van der Waals surface area contributed by atoms with Crippen LogP contribution >= 0.6 is 11.3 Å². The number of aryl methyl sites for hydroxylation is 1. The van der Waals surface area contributed by atoms with Crippen molar-refractivity contribution >= 4 is 17.2 Å². The molecule has 0 bridgehead atoms. The fourth-order valence-corrected chi connectivity index (χ4v) is 3.93. The van der Waals surface area contributed by atoms with Gasteiger partial charge in [0.1, 0.15) is 0 Å². The molecular weight excluding hydrogens is 282 g/mol. The number of likely N-dealkylation sites (tertiary alicyclic amines) is 1. The monoisotopic (exact) mass is 309 g/mol. The molecule has 2 rings (SSSR count). The Kier molecular flexibility index (Phi) is 5.76. The first-order valence-corrected chi connectivity index (χ1v) is 8.87. The number of amides is 1. The first kappa shape index (κ1) is 16.4. The highest BCUT2D eigenvalue weighted by Crippen LogP contribution is 2.29. The van der Waals surface area contributed by atoms with Crippen LogP contribution in [0.3, 0.4) is 0 Å². The molecule has 1 fully saturated rings. The van der Waals surface area contributed by atoms with Crippen LogP contribution in [0, 0.1) is 5.92 Å². The lowest BCUT2D eigenvalue weighted by Gasteiger charge is -2.33. The second kappa shape index (κ2) is 7.36. The number of carbonyl (C=O) groups excluding carboxylic acids is 1. The molecule has 1 unspecified atom stereocenters. The number of hydrogen-bond donors (Lipinski definition) is 1. The fourth-order valence-electron chi connectivity index (χ4n) is 2.89. The number of thiazole rings is 1. The maximum Gasteiger partial charge on any atom is 0.239 e. The van der Waals surface area contributed by atoms with E-state index in [-0.39, 0.29) is 11.9 Å². The number of aromatic nitrogens is 1. The molecule has 2 N–H and O–H groups in total. The van der Waals surface area contributed by atoms with E-state index in [2.05, 4.69) is 31.1 Å². The Bertz CT molecular complexity index is 472. The molecule has 21 heavy (non-hydrogen) atoms. The molecule has 0 aliphatic carbocycles. The summed E-state index contributed by atoms with van der Waals surface area (Å²) in [5.74, 6) is 0.954. The molecule has 118 valence electrons. The molecule has 0 saturated carbocycles. The summed E-state index contributed by atoms with van der Waals surface area (Å²) < 4.78 is 0. The Balaban J connectivity index is 1.98. The molecule has 1 aliphatic heterocycles. The van der Waals surface area contributed by atoms with Crippen molar-refractivity contribution in [1.29, 1.82) is 0 Å². The first-order chi connectivity index (χ1) is 10.0. The maximum atomic E-state index is 12.5. The third-order valence-electron chi connectivity index (χ3n) is 4.06. The van der Waals surface area contributed by atoms with Gasteiger partial charge in [-0.05, 0) is 31.6 Å². The van der Waals surface area contributed by atoms with Crippen molar-refractivity contribution in [3.63, 3.8) is 0 Å². The highest BCUT2D eigenvalue weighted by atomic mass is 32.1. The van der Waals surface area contributed by atoms with E-state index >= 15 is 0 Å². The number of carbonyl (C=O) groups is 1. The SMILES string of the molecule is CCc1csc(C2CCCN(C(=O)[C@@H](N)CC(C)C)C2)n1. The summed E-state index contributed by atoms with van der Waals surface area (Å²) in [5, 5.41) is 3.32. The van der Waals surface area contributed by atoms with Crippen LogP contribution in [0.1, 0.15) is 56.7 Å². The van der Waals surface area contributed by atoms with Gasteiger partial charge in [-0.3, -0.25) is 4.79 Å². The standard InChI is InChI=1S/C16H27N3OS/c1-4-13-10-21-15(18-13)12-6-5-7-19(9-12)16(20)14(17)8-11(2)3/h10-12,14H,4-9,17H2,1-3H3/t12?,14-/m0/s1. The van der Waals surface area contributed by atoms with Gasteiger partial charge in [0.2, 0.25) is 5.91 Å². The number of piperidine rings is 1. The van der Waals surface area contributed by atoms with E-state index in [4.69, 9.17) is 5.73 Å². The van der Waals surface area contributed by atoms with Crippen LogP contribution in [0.25, 0.3) is 0 Å². The predicted molar refractivity (Wildman–Crippen MR) is 87.5 cm³/mol. The first-order valence-electron chi connectivity index (χ1n) is 7.99. The van der Waals surface area contributed by atoms with Crippen LogP contribution in [0.4, 0.5) is 0 Å². The zero-order chi connectivity index (χ0) is 15.4. The molecule has 4 nitrogen and oxygen atoms in total. The minimum absolute atomic E-state index is 0.112. The second-order valence-corrected chi connectivity index (χ2v) is 7.28. The van der Waals surface area contributed by atoms with Crippen LogP contribution in [0.5, 0.6) is 0 Å². The Morgan fingerprint density at radius 1 is 1.57 bits per heavy atom. The summed E-state index contributed by atoms with van der Waals surface area (Å²) in [6.45, 7) is 7.96. The number of hydrogen-bond acceptors (Lipinski definition) is 4. The zero-order valence-corrected chi connectivity index (χ0v) is 14.2. The predicted octanol–water partition coefficient (Wildman–Crippen LogP) is 2.78. The minimum atomic E-state index is -0.355. The molecule has 0 spiro atoms. The summed E-state index contributed by atoms with van der Waals surface area (Å²) in [7, 11) is 0. The molecule has 1 amide bonds. The van der Waals surface area contributed by atoms with Gasteiger partial charge in [-0.1, -0.05) is 20.8 Å². The summed E-state index contributed by atoms with van der Waals surface area (Å²) >= 11 is 1.73. The van der Waals surface area contributed by atoms with Crippen LogP contribution < -0.4 is 5.73 Å². The lowest BCUT2D eigenvalue weighted by atomic mass is 9.96.